The van der Waals surface area contributed by atoms with E-state index in [-0.39, 0.29) is 0 Å². The molecule has 0 aliphatic heterocycles. The van der Waals surface area contributed by atoms with Crippen molar-refractivity contribution in [3.05, 3.63) is 302 Å². The minimum absolute atomic E-state index is 0.567. The third kappa shape index (κ3) is 9.60. The van der Waals surface area contributed by atoms with Crippen molar-refractivity contribution in [2.45, 2.75) is 13.8 Å². The molecule has 0 aliphatic rings. The van der Waals surface area contributed by atoms with E-state index < -0.39 is 0 Å². The van der Waals surface area contributed by atoms with Crippen LogP contribution < -0.4 is 0 Å². The SMILES string of the molecule is Cc1ccc2c(c1)c1cc(C)ccc1n2-c1c(-c2ccc(-c3ccccc3)cc2)cc(-c2nc(-c3ccc(-c4ccccc4)cc3)nc(-c3cc(-c4ccccc4)cc(-c4ccccc4)c3)n2)cc1-c1ccc(-c2ccccc2)cc1. The molecule has 14 rings (SSSR count). The van der Waals surface area contributed by atoms with Crippen LogP contribution in [0.5, 0.6) is 0 Å². The Balaban J connectivity index is 1.06. The van der Waals surface area contributed by atoms with E-state index in [0.717, 1.165) is 100 Å². The predicted octanol–water partition coefficient (Wildman–Crippen LogP) is 20.3. The van der Waals surface area contributed by atoms with Crippen LogP contribution in [-0.2, 0) is 0 Å². The number of aromatic nitrogens is 4. The van der Waals surface area contributed by atoms with E-state index in [1.54, 1.807) is 0 Å². The maximum Gasteiger partial charge on any atom is 0.164 e. The Morgan fingerprint density at radius 3 is 0.852 bits per heavy atom. The van der Waals surface area contributed by atoms with E-state index in [4.69, 9.17) is 15.0 Å². The van der Waals surface area contributed by atoms with Gasteiger partial charge in [-0.1, -0.05) is 248 Å². The summed E-state index contributed by atoms with van der Waals surface area (Å²) in [4.78, 5) is 16.5. The van der Waals surface area contributed by atoms with Crippen LogP contribution >= 0.6 is 0 Å². The molecule has 4 heteroatoms. The molecule has 0 unspecified atom stereocenters. The molecular weight excluding hydrogens is 981 g/mol. The lowest BCUT2D eigenvalue weighted by molar-refractivity contribution is 1.07. The molecule has 14 aromatic rings. The number of aryl methyl sites for hydroxylation is 2. The normalized spacial score (nSPS) is 11.3. The summed E-state index contributed by atoms with van der Waals surface area (Å²) in [6.45, 7) is 4.36. The van der Waals surface area contributed by atoms with Gasteiger partial charge in [-0.15, -0.1) is 0 Å². The van der Waals surface area contributed by atoms with Gasteiger partial charge in [-0.05, 0) is 135 Å². The molecule has 2 aromatic heterocycles. The molecule has 0 atom stereocenters. The zero-order valence-corrected chi connectivity index (χ0v) is 45.0. The highest BCUT2D eigenvalue weighted by atomic mass is 15.0. The summed E-state index contributed by atoms with van der Waals surface area (Å²) in [5, 5.41) is 2.43. The van der Waals surface area contributed by atoms with Gasteiger partial charge >= 0.3 is 0 Å². The second kappa shape index (κ2) is 21.0. The van der Waals surface area contributed by atoms with Crippen molar-refractivity contribution in [1.29, 1.82) is 0 Å². The molecule has 0 aliphatic carbocycles. The molecule has 0 radical (unpaired) electrons. The van der Waals surface area contributed by atoms with Crippen LogP contribution in [0.15, 0.2) is 291 Å². The molecule has 4 nitrogen and oxygen atoms in total. The Hall–Kier alpha value is -10.6. The van der Waals surface area contributed by atoms with Gasteiger partial charge in [0.05, 0.1) is 16.7 Å². The van der Waals surface area contributed by atoms with Crippen molar-refractivity contribution in [3.63, 3.8) is 0 Å². The highest BCUT2D eigenvalue weighted by molar-refractivity contribution is 6.11. The summed E-state index contributed by atoms with van der Waals surface area (Å²) >= 11 is 0. The van der Waals surface area contributed by atoms with Crippen molar-refractivity contribution < 1.29 is 0 Å². The zero-order valence-electron chi connectivity index (χ0n) is 45.0. The van der Waals surface area contributed by atoms with Crippen molar-refractivity contribution in [3.8, 4) is 118 Å². The van der Waals surface area contributed by atoms with Crippen LogP contribution in [0, 0.1) is 13.8 Å². The zero-order chi connectivity index (χ0) is 54.2. The van der Waals surface area contributed by atoms with Crippen LogP contribution in [-0.4, -0.2) is 19.5 Å². The van der Waals surface area contributed by atoms with Gasteiger partial charge in [0.1, 0.15) is 0 Å². The summed E-state index contributed by atoms with van der Waals surface area (Å²) in [6, 6.07) is 105. The van der Waals surface area contributed by atoms with Crippen LogP contribution in [0.4, 0.5) is 0 Å². The number of fused-ring (bicyclic) bond motifs is 3. The van der Waals surface area contributed by atoms with Gasteiger partial charge < -0.3 is 4.57 Å². The van der Waals surface area contributed by atoms with Crippen molar-refractivity contribution in [2.75, 3.05) is 0 Å². The summed E-state index contributed by atoms with van der Waals surface area (Å²) in [5.41, 5.74) is 23.9. The maximum absolute atomic E-state index is 5.59. The molecule has 0 saturated heterocycles. The van der Waals surface area contributed by atoms with Crippen LogP contribution in [0.2, 0.25) is 0 Å². The molecule has 382 valence electrons. The largest absolute Gasteiger partial charge is 0.308 e. The highest BCUT2D eigenvalue weighted by Crippen LogP contribution is 2.45. The lowest BCUT2D eigenvalue weighted by Gasteiger charge is -2.21. The average molecular weight is 1040 g/mol. The minimum atomic E-state index is 0.567. The Morgan fingerprint density at radius 2 is 0.494 bits per heavy atom. The third-order valence-corrected chi connectivity index (χ3v) is 15.6. The number of hydrogen-bond donors (Lipinski definition) is 0. The van der Waals surface area contributed by atoms with Crippen LogP contribution in [0.25, 0.3) is 140 Å². The van der Waals surface area contributed by atoms with Crippen molar-refractivity contribution in [1.82, 2.24) is 19.5 Å². The molecule has 0 saturated carbocycles. The Labute approximate surface area is 472 Å². The van der Waals surface area contributed by atoms with Gasteiger partial charge in [-0.3, -0.25) is 0 Å². The predicted molar refractivity (Wildman–Crippen MR) is 338 cm³/mol. The van der Waals surface area contributed by atoms with E-state index in [0.29, 0.717) is 17.5 Å². The Bertz CT molecular complexity index is 4350. The first-order valence-electron chi connectivity index (χ1n) is 27.6. The van der Waals surface area contributed by atoms with E-state index in [9.17, 15) is 0 Å². The first kappa shape index (κ1) is 48.8. The molecule has 12 aromatic carbocycles. The second-order valence-corrected chi connectivity index (χ2v) is 21.0. The third-order valence-electron chi connectivity index (χ3n) is 15.6. The lowest BCUT2D eigenvalue weighted by Crippen LogP contribution is -2.04. The van der Waals surface area contributed by atoms with Crippen molar-refractivity contribution >= 4 is 21.8 Å². The average Bonchev–Trinajstić information content (AvgIpc) is 4.13. The Morgan fingerprint density at radius 1 is 0.222 bits per heavy atom. The summed E-state index contributed by atoms with van der Waals surface area (Å²) < 4.78 is 2.49. The standard InChI is InChI=1S/C77H54N4/c1-51-28-42-72-70(44-51)71-45-52(2)29-43-73(71)81(72)74-68(61-36-30-58(31-37-61)53-18-8-3-9-19-53)49-67(50-69(74)62-38-32-59(33-39-62)54-20-10-4-11-21-54)77-79-75(63-40-34-60(35-41-63)55-22-12-5-13-23-55)78-76(80-77)66-47-64(56-24-14-6-15-25-56)46-65(48-66)57-26-16-7-17-27-57/h3-50H,1-2H3. The Kier molecular flexibility index (Phi) is 12.7. The summed E-state index contributed by atoms with van der Waals surface area (Å²) in [7, 11) is 0. The van der Waals surface area contributed by atoms with E-state index >= 15 is 0 Å². The number of nitrogens with zero attached hydrogens (tertiary/aromatic N) is 4. The monoisotopic (exact) mass is 1030 g/mol. The molecule has 0 amide bonds. The number of benzene rings is 12. The fourth-order valence-electron chi connectivity index (χ4n) is 11.4. The lowest BCUT2D eigenvalue weighted by atomic mass is 9.91. The summed E-state index contributed by atoms with van der Waals surface area (Å²) in [5.74, 6) is 1.73. The van der Waals surface area contributed by atoms with Crippen LogP contribution in [0.3, 0.4) is 0 Å². The summed E-state index contributed by atoms with van der Waals surface area (Å²) in [6.07, 6.45) is 0. The topological polar surface area (TPSA) is 43.6 Å². The smallest absolute Gasteiger partial charge is 0.164 e. The number of hydrogen-bond acceptors (Lipinski definition) is 3. The second-order valence-electron chi connectivity index (χ2n) is 21.0. The van der Waals surface area contributed by atoms with E-state index in [2.05, 4.69) is 310 Å². The molecule has 2 heterocycles. The highest BCUT2D eigenvalue weighted by Gasteiger charge is 2.24. The van der Waals surface area contributed by atoms with E-state index in [1.807, 2.05) is 0 Å². The number of rotatable bonds is 11. The van der Waals surface area contributed by atoms with E-state index in [1.165, 1.54) is 33.0 Å². The van der Waals surface area contributed by atoms with Gasteiger partial charge in [-0.2, -0.15) is 0 Å². The molecule has 0 bridgehead atoms. The maximum atomic E-state index is 5.59. The van der Waals surface area contributed by atoms with Gasteiger partial charge in [-0.25, -0.2) is 15.0 Å². The molecular formula is C77H54N4. The minimum Gasteiger partial charge on any atom is -0.308 e. The van der Waals surface area contributed by atoms with Crippen LogP contribution in [0.1, 0.15) is 11.1 Å². The molecule has 81 heavy (non-hydrogen) atoms. The fourth-order valence-corrected chi connectivity index (χ4v) is 11.4. The molecule has 0 spiro atoms. The first-order chi connectivity index (χ1) is 39.9. The quantitative estimate of drug-likeness (QED) is 0.130. The molecule has 0 N–H and O–H groups in total. The van der Waals surface area contributed by atoms with Gasteiger partial charge in [0.15, 0.2) is 17.5 Å². The fraction of sp³-hybridized carbons (Fsp3) is 0.0260. The first-order valence-corrected chi connectivity index (χ1v) is 27.6. The van der Waals surface area contributed by atoms with Gasteiger partial charge in [0.25, 0.3) is 0 Å². The van der Waals surface area contributed by atoms with Gasteiger partial charge in [0.2, 0.25) is 0 Å². The van der Waals surface area contributed by atoms with Crippen molar-refractivity contribution in [2.24, 2.45) is 0 Å². The van der Waals surface area contributed by atoms with Gasteiger partial charge in [0, 0.05) is 38.6 Å². The molecule has 0 fully saturated rings.